The number of rotatable bonds is 7. The summed E-state index contributed by atoms with van der Waals surface area (Å²) in [5.74, 6) is -0.0286. The number of fused-ring (bicyclic) bond motifs is 1. The Morgan fingerprint density at radius 3 is 2.85 bits per heavy atom. The highest BCUT2D eigenvalue weighted by molar-refractivity contribution is 7.15. The molecule has 0 aliphatic carbocycles. The van der Waals surface area contributed by atoms with Crippen LogP contribution in [0.4, 0.5) is 5.13 Å². The van der Waals surface area contributed by atoms with Gasteiger partial charge in [0.1, 0.15) is 5.75 Å². The van der Waals surface area contributed by atoms with Crippen molar-refractivity contribution in [2.24, 2.45) is 0 Å². The van der Waals surface area contributed by atoms with Crippen LogP contribution in [0, 0.1) is 0 Å². The normalized spacial score (nSPS) is 13.7. The summed E-state index contributed by atoms with van der Waals surface area (Å²) in [5.41, 5.74) is 1.07. The molecule has 1 aromatic heterocycles. The van der Waals surface area contributed by atoms with E-state index in [1.807, 2.05) is 18.2 Å². The Labute approximate surface area is 156 Å². The molecule has 138 valence electrons. The number of carbonyl (C=O) groups excluding carboxylic acids is 2. The smallest absolute Gasteiger partial charge is 0.258 e. The van der Waals surface area contributed by atoms with Crippen molar-refractivity contribution in [3.8, 4) is 5.75 Å². The number of hydrogen-bond donors (Lipinski definition) is 2. The van der Waals surface area contributed by atoms with Crippen molar-refractivity contribution < 1.29 is 14.3 Å². The molecule has 1 aliphatic heterocycles. The fourth-order valence-electron chi connectivity index (χ4n) is 2.63. The molecule has 1 aliphatic rings. The highest BCUT2D eigenvalue weighted by Crippen LogP contribution is 2.28. The van der Waals surface area contributed by atoms with Crippen molar-refractivity contribution in [3.05, 3.63) is 40.9 Å². The Balaban J connectivity index is 1.41. The van der Waals surface area contributed by atoms with Gasteiger partial charge in [-0.15, -0.1) is 11.3 Å². The maximum absolute atomic E-state index is 12.0. The number of hydrogen-bond acceptors (Lipinski definition) is 6. The van der Waals surface area contributed by atoms with Gasteiger partial charge in [-0.3, -0.25) is 14.5 Å². The lowest BCUT2D eigenvalue weighted by Gasteiger charge is -2.23. The van der Waals surface area contributed by atoms with Crippen molar-refractivity contribution in [2.75, 3.05) is 31.6 Å². The molecular formula is C18H22N4O3S. The monoisotopic (exact) mass is 374 g/mol. The van der Waals surface area contributed by atoms with Gasteiger partial charge in [0.05, 0.1) is 12.2 Å². The van der Waals surface area contributed by atoms with Crippen LogP contribution in [0.5, 0.6) is 5.75 Å². The van der Waals surface area contributed by atoms with E-state index in [1.165, 1.54) is 16.2 Å². The van der Waals surface area contributed by atoms with Crippen molar-refractivity contribution in [2.45, 2.75) is 19.9 Å². The van der Waals surface area contributed by atoms with E-state index in [-0.39, 0.29) is 25.0 Å². The minimum absolute atomic E-state index is 0.109. The zero-order valence-electron chi connectivity index (χ0n) is 14.7. The van der Waals surface area contributed by atoms with E-state index in [2.05, 4.69) is 27.4 Å². The molecule has 0 spiro atoms. The van der Waals surface area contributed by atoms with Gasteiger partial charge in [-0.2, -0.15) is 0 Å². The third-order valence-corrected chi connectivity index (χ3v) is 5.06. The number of benzene rings is 1. The molecule has 7 nitrogen and oxygen atoms in total. The van der Waals surface area contributed by atoms with Gasteiger partial charge in [-0.25, -0.2) is 4.98 Å². The molecule has 0 saturated carbocycles. The average molecular weight is 374 g/mol. The predicted octanol–water partition coefficient (Wildman–Crippen LogP) is 1.65. The summed E-state index contributed by atoms with van der Waals surface area (Å²) in [5, 5.41) is 5.89. The van der Waals surface area contributed by atoms with Crippen molar-refractivity contribution >= 4 is 28.3 Å². The second kappa shape index (κ2) is 8.77. The first kappa shape index (κ1) is 18.3. The Kier molecular flexibility index (Phi) is 6.19. The van der Waals surface area contributed by atoms with E-state index in [0.717, 1.165) is 31.7 Å². The lowest BCUT2D eigenvalue weighted by atomic mass is 10.2. The van der Waals surface area contributed by atoms with E-state index in [4.69, 9.17) is 4.74 Å². The average Bonchev–Trinajstić information content (AvgIpc) is 3.06. The number of aromatic nitrogens is 1. The maximum Gasteiger partial charge on any atom is 0.258 e. The summed E-state index contributed by atoms with van der Waals surface area (Å²) < 4.78 is 5.34. The molecule has 0 radical (unpaired) electrons. The summed E-state index contributed by atoms with van der Waals surface area (Å²) in [6, 6.07) is 9.06. The van der Waals surface area contributed by atoms with E-state index < -0.39 is 0 Å². The van der Waals surface area contributed by atoms with Crippen LogP contribution >= 0.6 is 11.3 Å². The topological polar surface area (TPSA) is 83.6 Å². The number of amides is 2. The molecule has 0 bridgehead atoms. The van der Waals surface area contributed by atoms with Crippen LogP contribution in [0.1, 0.15) is 17.5 Å². The van der Waals surface area contributed by atoms with Gasteiger partial charge in [-0.05, 0) is 18.7 Å². The lowest BCUT2D eigenvalue weighted by molar-refractivity contribution is -0.125. The van der Waals surface area contributed by atoms with Crippen LogP contribution in [-0.2, 0) is 22.6 Å². The summed E-state index contributed by atoms with van der Waals surface area (Å²) in [4.78, 5) is 31.8. The molecule has 0 saturated heterocycles. The number of ether oxygens (including phenoxy) is 1. The van der Waals surface area contributed by atoms with E-state index in [9.17, 15) is 9.59 Å². The molecule has 8 heteroatoms. The fourth-order valence-corrected chi connectivity index (χ4v) is 3.70. The number of nitrogens with zero attached hydrogens (tertiary/aromatic N) is 2. The van der Waals surface area contributed by atoms with Crippen molar-refractivity contribution in [1.82, 2.24) is 15.2 Å². The van der Waals surface area contributed by atoms with Gasteiger partial charge in [0.25, 0.3) is 5.91 Å². The molecule has 2 heterocycles. The van der Waals surface area contributed by atoms with Crippen LogP contribution in [0.25, 0.3) is 0 Å². The molecule has 1 aromatic carbocycles. The summed E-state index contributed by atoms with van der Waals surface area (Å²) in [7, 11) is 0. The van der Waals surface area contributed by atoms with E-state index in [0.29, 0.717) is 10.9 Å². The first-order valence-corrected chi connectivity index (χ1v) is 9.41. The number of carbonyl (C=O) groups is 2. The zero-order chi connectivity index (χ0) is 18.4. The van der Waals surface area contributed by atoms with Gasteiger partial charge >= 0.3 is 0 Å². The predicted molar refractivity (Wildman–Crippen MR) is 100 cm³/mol. The van der Waals surface area contributed by atoms with Crippen LogP contribution in [-0.4, -0.2) is 47.9 Å². The van der Waals surface area contributed by atoms with Gasteiger partial charge in [0.15, 0.2) is 11.7 Å². The lowest BCUT2D eigenvalue weighted by Crippen LogP contribution is -2.35. The maximum atomic E-state index is 12.0. The second-order valence-corrected chi connectivity index (χ2v) is 7.02. The van der Waals surface area contributed by atoms with Crippen LogP contribution in [0.15, 0.2) is 30.3 Å². The highest BCUT2D eigenvalue weighted by atomic mass is 32.1. The Hall–Kier alpha value is -2.45. The van der Waals surface area contributed by atoms with Crippen LogP contribution in [0.3, 0.4) is 0 Å². The number of thiazole rings is 1. The SMILES string of the molecule is CCN1CCc2nc(NC(=O)CNC(=O)COc3ccccc3)sc2C1. The Morgan fingerprint density at radius 1 is 1.27 bits per heavy atom. The molecule has 0 unspecified atom stereocenters. The van der Waals surface area contributed by atoms with Gasteiger partial charge in [0, 0.05) is 24.4 Å². The first-order valence-electron chi connectivity index (χ1n) is 8.59. The number of nitrogens with one attached hydrogen (secondary N) is 2. The standard InChI is InChI=1S/C18H22N4O3S/c1-2-22-9-8-14-15(11-22)26-18(20-14)21-16(23)10-19-17(24)12-25-13-6-4-3-5-7-13/h3-7H,2,8-12H2,1H3,(H,19,24)(H,20,21,23). The largest absolute Gasteiger partial charge is 0.484 e. The third kappa shape index (κ3) is 5.03. The molecule has 2 aromatic rings. The minimum Gasteiger partial charge on any atom is -0.484 e. The summed E-state index contributed by atoms with van der Waals surface area (Å²) >= 11 is 1.50. The zero-order valence-corrected chi connectivity index (χ0v) is 15.5. The van der Waals surface area contributed by atoms with Crippen molar-refractivity contribution in [1.29, 1.82) is 0 Å². The van der Waals surface area contributed by atoms with Gasteiger partial charge in [0.2, 0.25) is 5.91 Å². The molecule has 2 amide bonds. The van der Waals surface area contributed by atoms with E-state index in [1.54, 1.807) is 12.1 Å². The molecule has 3 rings (SSSR count). The first-order chi connectivity index (χ1) is 12.6. The third-order valence-electron chi connectivity index (χ3n) is 4.06. The molecule has 26 heavy (non-hydrogen) atoms. The Bertz CT molecular complexity index is 763. The van der Waals surface area contributed by atoms with Crippen LogP contribution in [0.2, 0.25) is 0 Å². The second-order valence-electron chi connectivity index (χ2n) is 5.93. The van der Waals surface area contributed by atoms with Gasteiger partial charge in [-0.1, -0.05) is 25.1 Å². The molecule has 2 N–H and O–H groups in total. The number of anilines is 1. The number of likely N-dealkylation sites (N-methyl/N-ethyl adjacent to an activating group) is 1. The highest BCUT2D eigenvalue weighted by Gasteiger charge is 2.20. The van der Waals surface area contributed by atoms with E-state index >= 15 is 0 Å². The molecular weight excluding hydrogens is 352 g/mol. The summed E-state index contributed by atoms with van der Waals surface area (Å²) in [6.07, 6.45) is 0.906. The van der Waals surface area contributed by atoms with Crippen molar-refractivity contribution in [3.63, 3.8) is 0 Å². The minimum atomic E-state index is -0.346. The van der Waals surface area contributed by atoms with Crippen LogP contribution < -0.4 is 15.4 Å². The van der Waals surface area contributed by atoms with Gasteiger partial charge < -0.3 is 15.4 Å². The fraction of sp³-hybridized carbons (Fsp3) is 0.389. The quantitative estimate of drug-likeness (QED) is 0.770. The molecule has 0 atom stereocenters. The molecule has 0 fully saturated rings. The summed E-state index contributed by atoms with van der Waals surface area (Å²) in [6.45, 7) is 4.79. The number of para-hydroxylation sites is 1. The Morgan fingerprint density at radius 2 is 2.08 bits per heavy atom.